The van der Waals surface area contributed by atoms with Crippen molar-refractivity contribution in [1.29, 1.82) is 0 Å². The van der Waals surface area contributed by atoms with Gasteiger partial charge in [0.2, 0.25) is 0 Å². The Morgan fingerprint density at radius 2 is 1.95 bits per heavy atom. The highest BCUT2D eigenvalue weighted by Crippen LogP contribution is 2.29. The largest absolute Gasteiger partial charge is 0.455 e. The number of nitrogens with two attached hydrogens (primary N) is 1. The van der Waals surface area contributed by atoms with E-state index in [1.54, 1.807) is 6.20 Å². The lowest BCUT2D eigenvalue weighted by Crippen LogP contribution is -2.10. The number of thiocarbonyl (C=S) groups is 1. The summed E-state index contributed by atoms with van der Waals surface area (Å²) in [7, 11) is 0. The summed E-state index contributed by atoms with van der Waals surface area (Å²) in [5.74, 6) is 1.26. The predicted molar refractivity (Wildman–Crippen MR) is 91.8 cm³/mol. The Bertz CT molecular complexity index is 835. The summed E-state index contributed by atoms with van der Waals surface area (Å²) < 4.78 is 6.78. The molecule has 0 aliphatic heterocycles. The van der Waals surface area contributed by atoms with Crippen LogP contribution in [0.5, 0.6) is 11.5 Å². The summed E-state index contributed by atoms with van der Waals surface area (Å²) in [6, 6.07) is 15.4. The van der Waals surface area contributed by atoms with E-state index in [2.05, 4.69) is 20.9 Å². The van der Waals surface area contributed by atoms with Gasteiger partial charge in [-0.15, -0.1) is 0 Å². The summed E-state index contributed by atoms with van der Waals surface area (Å²) in [6.45, 7) is 0. The van der Waals surface area contributed by atoms with Crippen molar-refractivity contribution in [1.82, 2.24) is 4.98 Å². The van der Waals surface area contributed by atoms with Crippen LogP contribution in [0.3, 0.4) is 0 Å². The summed E-state index contributed by atoms with van der Waals surface area (Å²) >= 11 is 8.46. The molecule has 0 spiro atoms. The van der Waals surface area contributed by atoms with Gasteiger partial charge in [-0.25, -0.2) is 0 Å². The third-order valence-electron chi connectivity index (χ3n) is 3.00. The number of halogens is 1. The second kappa shape index (κ2) is 5.79. The summed E-state index contributed by atoms with van der Waals surface area (Å²) in [5, 5.41) is 1.02. The van der Waals surface area contributed by atoms with Crippen LogP contribution >= 0.6 is 28.1 Å². The number of nitrogens with zero attached hydrogens (tertiary/aromatic N) is 1. The summed E-state index contributed by atoms with van der Waals surface area (Å²) in [6.07, 6.45) is 1.69. The number of fused-ring (bicyclic) bond motifs is 1. The van der Waals surface area contributed by atoms with E-state index in [1.807, 2.05) is 48.5 Å². The fourth-order valence-electron chi connectivity index (χ4n) is 2.02. The van der Waals surface area contributed by atoms with E-state index in [1.165, 1.54) is 0 Å². The monoisotopic (exact) mass is 358 g/mol. The summed E-state index contributed by atoms with van der Waals surface area (Å²) in [5.41, 5.74) is 7.36. The minimum atomic E-state index is 0.292. The minimum Gasteiger partial charge on any atom is -0.455 e. The van der Waals surface area contributed by atoms with Crippen LogP contribution in [0.4, 0.5) is 0 Å². The first kappa shape index (κ1) is 14.0. The van der Waals surface area contributed by atoms with Gasteiger partial charge in [0.15, 0.2) is 0 Å². The highest BCUT2D eigenvalue weighted by Gasteiger charge is 2.09. The fraction of sp³-hybridized carbons (Fsp3) is 0. The van der Waals surface area contributed by atoms with Crippen molar-refractivity contribution in [3.63, 3.8) is 0 Å². The predicted octanol–water partition coefficient (Wildman–Crippen LogP) is 4.42. The molecule has 0 bridgehead atoms. The van der Waals surface area contributed by atoms with Crippen molar-refractivity contribution in [3.8, 4) is 11.5 Å². The Balaban J connectivity index is 2.00. The Labute approximate surface area is 135 Å². The van der Waals surface area contributed by atoms with Gasteiger partial charge in [0.25, 0.3) is 0 Å². The van der Waals surface area contributed by atoms with Crippen LogP contribution in [0.2, 0.25) is 0 Å². The van der Waals surface area contributed by atoms with Crippen LogP contribution in [0.25, 0.3) is 10.9 Å². The molecule has 104 valence electrons. The van der Waals surface area contributed by atoms with Gasteiger partial charge >= 0.3 is 0 Å². The third-order valence-corrected chi connectivity index (χ3v) is 3.71. The van der Waals surface area contributed by atoms with E-state index in [0.717, 1.165) is 15.4 Å². The Kier molecular flexibility index (Phi) is 3.86. The fourth-order valence-corrected chi connectivity index (χ4v) is 2.54. The molecule has 2 N–H and O–H groups in total. The van der Waals surface area contributed by atoms with E-state index in [-0.39, 0.29) is 0 Å². The number of ether oxygens (including phenoxy) is 1. The lowest BCUT2D eigenvalue weighted by molar-refractivity contribution is 0.480. The van der Waals surface area contributed by atoms with Crippen molar-refractivity contribution < 1.29 is 4.74 Å². The molecule has 0 amide bonds. The lowest BCUT2D eigenvalue weighted by atomic mass is 10.2. The van der Waals surface area contributed by atoms with Crippen LogP contribution in [0.1, 0.15) is 5.56 Å². The molecule has 0 aliphatic carbocycles. The van der Waals surface area contributed by atoms with Crippen LogP contribution in [-0.2, 0) is 0 Å². The third kappa shape index (κ3) is 3.04. The Morgan fingerprint density at radius 1 is 1.14 bits per heavy atom. The van der Waals surface area contributed by atoms with Crippen LogP contribution in [0, 0.1) is 0 Å². The number of para-hydroxylation sites is 1. The number of hydrogen-bond acceptors (Lipinski definition) is 3. The Hall–Kier alpha value is -1.98. The highest BCUT2D eigenvalue weighted by atomic mass is 79.9. The zero-order valence-electron chi connectivity index (χ0n) is 10.9. The van der Waals surface area contributed by atoms with Crippen molar-refractivity contribution in [2.75, 3.05) is 0 Å². The van der Waals surface area contributed by atoms with Gasteiger partial charge in [-0.2, -0.15) is 0 Å². The van der Waals surface area contributed by atoms with Gasteiger partial charge in [-0.05, 0) is 30.3 Å². The molecule has 1 heterocycles. The van der Waals surface area contributed by atoms with Gasteiger partial charge in [0.1, 0.15) is 16.5 Å². The van der Waals surface area contributed by atoms with E-state index < -0.39 is 0 Å². The minimum absolute atomic E-state index is 0.292. The highest BCUT2D eigenvalue weighted by molar-refractivity contribution is 9.10. The van der Waals surface area contributed by atoms with Gasteiger partial charge in [-0.3, -0.25) is 4.98 Å². The van der Waals surface area contributed by atoms with Crippen LogP contribution in [0.15, 0.2) is 59.2 Å². The quantitative estimate of drug-likeness (QED) is 0.703. The van der Waals surface area contributed by atoms with E-state index in [4.69, 9.17) is 22.7 Å². The molecule has 1 aromatic heterocycles. The smallest absolute Gasteiger partial charge is 0.146 e. The molecule has 0 aliphatic rings. The second-order valence-corrected chi connectivity index (χ2v) is 5.83. The molecule has 0 fully saturated rings. The standard InChI is InChI=1S/C16H11BrN2OS/c17-11-5-6-15(13(8-11)16(18)21)20-12-7-10-3-1-2-4-14(10)19-9-12/h1-9H,(H2,18,21). The van der Waals surface area contributed by atoms with Crippen molar-refractivity contribution in [3.05, 3.63) is 64.8 Å². The van der Waals surface area contributed by atoms with Crippen molar-refractivity contribution in [2.24, 2.45) is 5.73 Å². The van der Waals surface area contributed by atoms with Crippen LogP contribution in [-0.4, -0.2) is 9.97 Å². The van der Waals surface area contributed by atoms with Crippen LogP contribution < -0.4 is 10.5 Å². The zero-order chi connectivity index (χ0) is 14.8. The number of benzene rings is 2. The topological polar surface area (TPSA) is 48.1 Å². The molecule has 0 saturated carbocycles. The first-order valence-corrected chi connectivity index (χ1v) is 7.45. The number of pyridine rings is 1. The molecule has 0 atom stereocenters. The van der Waals surface area contributed by atoms with Gasteiger partial charge in [0.05, 0.1) is 17.3 Å². The number of rotatable bonds is 3. The SMILES string of the molecule is NC(=S)c1cc(Br)ccc1Oc1cnc2ccccc2c1. The normalized spacial score (nSPS) is 10.5. The number of aromatic nitrogens is 1. The first-order chi connectivity index (χ1) is 10.1. The maximum Gasteiger partial charge on any atom is 0.146 e. The molecule has 0 saturated heterocycles. The molecular weight excluding hydrogens is 348 g/mol. The molecule has 5 heteroatoms. The molecule has 3 rings (SSSR count). The molecule has 21 heavy (non-hydrogen) atoms. The average molecular weight is 359 g/mol. The summed E-state index contributed by atoms with van der Waals surface area (Å²) in [4.78, 5) is 4.66. The van der Waals surface area contributed by atoms with Gasteiger partial charge < -0.3 is 10.5 Å². The maximum absolute atomic E-state index is 5.88. The molecule has 3 nitrogen and oxygen atoms in total. The van der Waals surface area contributed by atoms with E-state index in [9.17, 15) is 0 Å². The average Bonchev–Trinajstić information content (AvgIpc) is 2.49. The molecule has 3 aromatic rings. The molecule has 0 unspecified atom stereocenters. The molecule has 0 radical (unpaired) electrons. The van der Waals surface area contributed by atoms with Gasteiger partial charge in [-0.1, -0.05) is 46.3 Å². The van der Waals surface area contributed by atoms with Gasteiger partial charge in [0, 0.05) is 9.86 Å². The van der Waals surface area contributed by atoms with E-state index >= 15 is 0 Å². The second-order valence-electron chi connectivity index (χ2n) is 4.47. The van der Waals surface area contributed by atoms with Crippen molar-refractivity contribution in [2.45, 2.75) is 0 Å². The van der Waals surface area contributed by atoms with Crippen molar-refractivity contribution >= 4 is 44.0 Å². The maximum atomic E-state index is 5.88. The molecular formula is C16H11BrN2OS. The number of hydrogen-bond donors (Lipinski definition) is 1. The Morgan fingerprint density at radius 3 is 2.76 bits per heavy atom. The first-order valence-electron chi connectivity index (χ1n) is 6.25. The van der Waals surface area contributed by atoms with E-state index in [0.29, 0.717) is 22.1 Å². The zero-order valence-corrected chi connectivity index (χ0v) is 13.3. The molecule has 2 aromatic carbocycles. The lowest BCUT2D eigenvalue weighted by Gasteiger charge is -2.11.